The highest BCUT2D eigenvalue weighted by atomic mass is 16.5. The lowest BCUT2D eigenvalue weighted by molar-refractivity contribution is -0.138. The number of nitrogens with zero attached hydrogens (tertiary/aromatic N) is 11. The lowest BCUT2D eigenvalue weighted by Gasteiger charge is -2.42. The van der Waals surface area contributed by atoms with Crippen LogP contribution >= 0.6 is 0 Å². The Bertz CT molecular complexity index is 2470. The maximum absolute atomic E-state index is 12.8. The molecule has 1 unspecified atom stereocenters. The third-order valence-corrected chi connectivity index (χ3v) is 12.5. The number of rotatable bonds is 9. The first-order valence-corrected chi connectivity index (χ1v) is 20.1. The fourth-order valence-electron chi connectivity index (χ4n) is 9.21. The molecule has 58 heavy (non-hydrogen) atoms. The molecule has 2 N–H and O–H groups in total. The number of aromatic nitrogens is 7. The zero-order chi connectivity index (χ0) is 40.0. The van der Waals surface area contributed by atoms with Crippen LogP contribution in [0.2, 0.25) is 0 Å². The Kier molecular flexibility index (Phi) is 9.73. The molecule has 7 heterocycles. The molecule has 1 aliphatic carbocycles. The van der Waals surface area contributed by atoms with Crippen LogP contribution in [-0.2, 0) is 15.0 Å². The predicted octanol–water partition coefficient (Wildman–Crippen LogP) is 4.53. The summed E-state index contributed by atoms with van der Waals surface area (Å²) in [5, 5.41) is 39.0. The number of pyridine rings is 2. The molecule has 1 spiro atoms. The van der Waals surface area contributed by atoms with Gasteiger partial charge in [-0.2, -0.15) is 20.3 Å². The van der Waals surface area contributed by atoms with Gasteiger partial charge < -0.3 is 15.0 Å². The minimum Gasteiger partial charge on any atom is -0.492 e. The molecule has 16 heteroatoms. The van der Waals surface area contributed by atoms with Crippen LogP contribution < -0.4 is 20.3 Å². The van der Waals surface area contributed by atoms with Gasteiger partial charge in [0.25, 0.3) is 0 Å². The molecule has 2 saturated heterocycles. The van der Waals surface area contributed by atoms with E-state index >= 15 is 0 Å². The van der Waals surface area contributed by atoms with E-state index in [1.165, 1.54) is 12.6 Å². The molecule has 3 aliphatic heterocycles. The summed E-state index contributed by atoms with van der Waals surface area (Å²) in [6, 6.07) is 14.0. The number of nitrogens with one attached hydrogen (secondary N) is 2. The molecule has 0 bridgehead atoms. The molecule has 3 fully saturated rings. The van der Waals surface area contributed by atoms with E-state index in [-0.39, 0.29) is 18.4 Å². The van der Waals surface area contributed by atoms with Crippen LogP contribution in [0.5, 0.6) is 5.75 Å². The molecule has 16 nitrogen and oxygen atoms in total. The molecule has 4 aromatic heterocycles. The number of piperazine rings is 1. The minimum absolute atomic E-state index is 0.214. The Hall–Kier alpha value is -6.39. The maximum Gasteiger partial charge on any atom is 0.240 e. The number of benzene rings is 1. The summed E-state index contributed by atoms with van der Waals surface area (Å²) in [6.07, 6.45) is 13.3. The van der Waals surface area contributed by atoms with E-state index in [4.69, 9.17) is 4.74 Å². The Morgan fingerprint density at radius 1 is 1.07 bits per heavy atom. The van der Waals surface area contributed by atoms with Gasteiger partial charge in [0.1, 0.15) is 35.6 Å². The fourth-order valence-corrected chi connectivity index (χ4v) is 9.21. The van der Waals surface area contributed by atoms with E-state index in [2.05, 4.69) is 77.0 Å². The molecule has 1 saturated carbocycles. The average molecular weight is 780 g/mol. The predicted molar refractivity (Wildman–Crippen MR) is 214 cm³/mol. The number of carbonyl (C=O) groups is 2. The first kappa shape index (κ1) is 37.2. The van der Waals surface area contributed by atoms with Crippen molar-refractivity contribution in [3.8, 4) is 29.4 Å². The largest absolute Gasteiger partial charge is 0.492 e. The van der Waals surface area contributed by atoms with Crippen molar-refractivity contribution in [1.82, 2.24) is 45.0 Å². The number of anilines is 2. The summed E-state index contributed by atoms with van der Waals surface area (Å²) in [7, 11) is 0. The Morgan fingerprint density at radius 2 is 1.93 bits per heavy atom. The number of carbonyl (C=O) groups excluding carboxylic acids is 2. The van der Waals surface area contributed by atoms with Crippen LogP contribution in [0.4, 0.5) is 11.4 Å². The number of hydrogen-bond acceptors (Lipinski definition) is 13. The number of hydrogen-bond donors (Lipinski definition) is 2. The Balaban J connectivity index is 0.792. The van der Waals surface area contributed by atoms with Crippen molar-refractivity contribution in [3.63, 3.8) is 0 Å². The third-order valence-electron chi connectivity index (χ3n) is 12.5. The zero-order valence-electron chi connectivity index (χ0n) is 32.6. The van der Waals surface area contributed by atoms with Crippen molar-refractivity contribution in [1.29, 1.82) is 10.5 Å². The highest BCUT2D eigenvalue weighted by Crippen LogP contribution is 2.45. The molecule has 2 amide bonds. The van der Waals surface area contributed by atoms with Gasteiger partial charge in [-0.1, -0.05) is 11.3 Å². The normalized spacial score (nSPS) is 23.9. The lowest BCUT2D eigenvalue weighted by Crippen LogP contribution is -2.52. The van der Waals surface area contributed by atoms with Gasteiger partial charge >= 0.3 is 0 Å². The summed E-state index contributed by atoms with van der Waals surface area (Å²) < 4.78 is 9.40. The topological polar surface area (TPSA) is 196 Å². The molecule has 296 valence electrons. The minimum atomic E-state index is -0.766. The van der Waals surface area contributed by atoms with Crippen LogP contribution in [-0.4, -0.2) is 96.3 Å². The van der Waals surface area contributed by atoms with Gasteiger partial charge in [-0.15, -0.1) is 5.10 Å². The van der Waals surface area contributed by atoms with Gasteiger partial charge in [0.15, 0.2) is 11.5 Å². The van der Waals surface area contributed by atoms with Gasteiger partial charge in [0.05, 0.1) is 41.6 Å². The first-order valence-electron chi connectivity index (χ1n) is 20.1. The molecule has 1 aromatic carbocycles. The Labute approximate surface area is 335 Å². The molecule has 3 atom stereocenters. The van der Waals surface area contributed by atoms with Crippen LogP contribution in [0.3, 0.4) is 0 Å². The Morgan fingerprint density at radius 3 is 2.72 bits per heavy atom. The van der Waals surface area contributed by atoms with Gasteiger partial charge in [0, 0.05) is 73.0 Å². The quantitative estimate of drug-likeness (QED) is 0.198. The first-order chi connectivity index (χ1) is 28.2. The second-order valence-corrected chi connectivity index (χ2v) is 16.2. The number of amides is 2. The van der Waals surface area contributed by atoms with Crippen LogP contribution in [0, 0.1) is 28.6 Å². The van der Waals surface area contributed by atoms with E-state index in [0.717, 1.165) is 79.9 Å². The van der Waals surface area contributed by atoms with Gasteiger partial charge in [-0.05, 0) is 77.0 Å². The van der Waals surface area contributed by atoms with E-state index in [1.54, 1.807) is 34.7 Å². The fraction of sp³-hybridized carbons (Fsp3) is 0.452. The standard InChI is InChI=1S/C42H45N13O3/c1-26(18-43)48-34-17-38(55-40-31(21-47-55)15-29(19-44)20-46-40)45-22-36(34)54-24-35(50-51-54)30-5-3-28(4-6-30)10-12-52-13-14-53(27(2)23-52)32-7-8-33-37(16-32)58-25-42(33)11-9-39(56)49-41(42)57/h7-8,15-17,20-22,24,26-28,30H,3-6,9-14,23,25H2,1-2H3,(H,45,48)(H,49,56,57)/t26-,27-,28?,30?,42?/m1/s1. The second-order valence-electron chi connectivity index (χ2n) is 16.2. The van der Waals surface area contributed by atoms with E-state index < -0.39 is 11.5 Å². The number of ether oxygens (including phenoxy) is 1. The van der Waals surface area contributed by atoms with Gasteiger partial charge in [-0.25, -0.2) is 14.6 Å². The number of fused-ring (bicyclic) bond motifs is 3. The maximum atomic E-state index is 12.8. The van der Waals surface area contributed by atoms with E-state index in [0.29, 0.717) is 59.1 Å². The van der Waals surface area contributed by atoms with Crippen LogP contribution in [0.25, 0.3) is 22.5 Å². The SMILES string of the molecule is C[C@H](C#N)Nc1cc(-n2ncc3cc(C#N)cnc32)ncc1-n1cc(C2CCC(CCN3CCN(c4ccc5c(c4)OCC54CCC(=O)NC4=O)[C@H](C)C3)CC2)nn1. The number of imide groups is 1. The molecular weight excluding hydrogens is 735 g/mol. The monoisotopic (exact) mass is 779 g/mol. The highest BCUT2D eigenvalue weighted by molar-refractivity contribution is 6.04. The summed E-state index contributed by atoms with van der Waals surface area (Å²) >= 11 is 0. The van der Waals surface area contributed by atoms with Crippen molar-refractivity contribution < 1.29 is 14.3 Å². The molecule has 9 rings (SSSR count). The summed E-state index contributed by atoms with van der Waals surface area (Å²) in [6.45, 7) is 8.34. The summed E-state index contributed by atoms with van der Waals surface area (Å²) in [5.41, 5.74) is 4.56. The van der Waals surface area contributed by atoms with Crippen molar-refractivity contribution in [2.75, 3.05) is 43.0 Å². The van der Waals surface area contributed by atoms with Crippen LogP contribution in [0.15, 0.2) is 55.1 Å². The van der Waals surface area contributed by atoms with Crippen molar-refractivity contribution in [3.05, 3.63) is 71.9 Å². The van der Waals surface area contributed by atoms with E-state index in [1.807, 2.05) is 18.3 Å². The highest BCUT2D eigenvalue weighted by Gasteiger charge is 2.50. The van der Waals surface area contributed by atoms with Crippen LogP contribution in [0.1, 0.15) is 81.5 Å². The van der Waals surface area contributed by atoms with E-state index in [9.17, 15) is 20.1 Å². The second kappa shape index (κ2) is 15.2. The molecule has 5 aromatic rings. The molecule has 4 aliphatic rings. The summed E-state index contributed by atoms with van der Waals surface area (Å²) in [5.74, 6) is 1.81. The van der Waals surface area contributed by atoms with Gasteiger partial charge in [0.2, 0.25) is 11.8 Å². The third kappa shape index (κ3) is 6.87. The molecular formula is C42H45N13O3. The smallest absolute Gasteiger partial charge is 0.240 e. The number of nitriles is 2. The van der Waals surface area contributed by atoms with Crippen molar-refractivity contribution >= 4 is 34.2 Å². The average Bonchev–Trinajstić information content (AvgIpc) is 4.00. The zero-order valence-corrected chi connectivity index (χ0v) is 32.6. The van der Waals surface area contributed by atoms with Gasteiger partial charge in [-0.3, -0.25) is 19.8 Å². The van der Waals surface area contributed by atoms with Crippen molar-refractivity contribution in [2.45, 2.75) is 82.2 Å². The number of piperidine rings is 1. The van der Waals surface area contributed by atoms with Crippen molar-refractivity contribution in [2.24, 2.45) is 5.92 Å². The lowest BCUT2D eigenvalue weighted by atomic mass is 9.75. The molecule has 0 radical (unpaired) electrons. The summed E-state index contributed by atoms with van der Waals surface area (Å²) in [4.78, 5) is 38.8.